The van der Waals surface area contributed by atoms with Gasteiger partial charge in [-0.15, -0.1) is 0 Å². The van der Waals surface area contributed by atoms with Gasteiger partial charge in [0.05, 0.1) is 12.2 Å². The molecule has 0 spiro atoms. The fourth-order valence-electron chi connectivity index (χ4n) is 1.06. The van der Waals surface area contributed by atoms with Crippen LogP contribution in [0.3, 0.4) is 0 Å². The van der Waals surface area contributed by atoms with E-state index >= 15 is 0 Å². The van der Waals surface area contributed by atoms with E-state index in [0.29, 0.717) is 5.57 Å². The van der Waals surface area contributed by atoms with E-state index in [-0.39, 0.29) is 24.4 Å². The first-order chi connectivity index (χ1) is 7.66. The van der Waals surface area contributed by atoms with E-state index in [9.17, 15) is 9.36 Å². The van der Waals surface area contributed by atoms with Gasteiger partial charge in [-0.3, -0.25) is 9.36 Å². The Morgan fingerprint density at radius 2 is 1.65 bits per heavy atom. The van der Waals surface area contributed by atoms with Gasteiger partial charge in [-0.25, -0.2) is 0 Å². The highest BCUT2D eigenvalue weighted by molar-refractivity contribution is 7.53. The molecule has 0 aliphatic rings. The van der Waals surface area contributed by atoms with Crippen LogP contribution in [0.25, 0.3) is 0 Å². The summed E-state index contributed by atoms with van der Waals surface area (Å²) in [5.41, 5.74) is 0.352. The molecule has 0 heterocycles. The second-order valence-corrected chi connectivity index (χ2v) is 6.32. The maximum Gasteiger partial charge on any atom is 0.350 e. The van der Waals surface area contributed by atoms with E-state index in [1.165, 1.54) is 0 Å². The molecule has 0 rings (SSSR count). The minimum Gasteiger partial charge on any atom is -0.341 e. The molecular weight excluding hydrogens is 241 g/mol. The molecule has 0 unspecified atom stereocenters. The molecule has 100 valence electrons. The van der Waals surface area contributed by atoms with Crippen molar-refractivity contribution in [1.82, 2.24) is 5.32 Å². The van der Waals surface area contributed by atoms with E-state index in [2.05, 4.69) is 11.9 Å². The molecule has 1 amide bonds. The van der Waals surface area contributed by atoms with Crippen LogP contribution in [0.2, 0.25) is 0 Å². The summed E-state index contributed by atoms with van der Waals surface area (Å²) in [6.45, 7) is 12.1. The fraction of sp³-hybridized carbons (Fsp3) is 0.727. The number of hydrogen-bond donors (Lipinski definition) is 1. The SMILES string of the molecule is C=C(C)C(=O)NCP(=O)(OC(C)C)OC(C)C. The standard InChI is InChI=1S/C11H22NO4P/c1-8(2)11(13)12-7-17(14,15-9(3)4)16-10(5)6/h9-10H,1,7H2,2-6H3,(H,12,13). The van der Waals surface area contributed by atoms with Crippen molar-refractivity contribution in [3.63, 3.8) is 0 Å². The van der Waals surface area contributed by atoms with Crippen LogP contribution in [0.1, 0.15) is 34.6 Å². The van der Waals surface area contributed by atoms with Crippen molar-refractivity contribution < 1.29 is 18.4 Å². The average molecular weight is 263 g/mol. The zero-order chi connectivity index (χ0) is 13.6. The Balaban J connectivity index is 4.54. The molecule has 0 aliphatic heterocycles. The smallest absolute Gasteiger partial charge is 0.341 e. The first-order valence-corrected chi connectivity index (χ1v) is 7.28. The Hall–Kier alpha value is -0.640. The lowest BCUT2D eigenvalue weighted by atomic mass is 10.3. The second-order valence-electron chi connectivity index (χ2n) is 4.36. The summed E-state index contributed by atoms with van der Waals surface area (Å²) in [5, 5.41) is 2.48. The Morgan fingerprint density at radius 1 is 1.24 bits per heavy atom. The molecule has 17 heavy (non-hydrogen) atoms. The number of carbonyl (C=O) groups excluding carboxylic acids is 1. The quantitative estimate of drug-likeness (QED) is 0.566. The maximum absolute atomic E-state index is 12.3. The largest absolute Gasteiger partial charge is 0.350 e. The lowest BCUT2D eigenvalue weighted by Crippen LogP contribution is -2.27. The molecule has 0 saturated carbocycles. The molecule has 0 fully saturated rings. The summed E-state index contributed by atoms with van der Waals surface area (Å²) in [6, 6.07) is 0. The molecule has 0 saturated heterocycles. The van der Waals surface area contributed by atoms with Gasteiger partial charge in [-0.1, -0.05) is 6.58 Å². The molecule has 6 heteroatoms. The highest BCUT2D eigenvalue weighted by Crippen LogP contribution is 2.49. The second kappa shape index (κ2) is 6.94. The van der Waals surface area contributed by atoms with Gasteiger partial charge < -0.3 is 14.4 Å². The van der Waals surface area contributed by atoms with E-state index in [1.807, 2.05) is 0 Å². The highest BCUT2D eigenvalue weighted by atomic mass is 31.2. The van der Waals surface area contributed by atoms with Gasteiger partial charge in [0.15, 0.2) is 0 Å². The van der Waals surface area contributed by atoms with Gasteiger partial charge in [0.25, 0.3) is 0 Å². The fourth-order valence-corrected chi connectivity index (χ4v) is 2.88. The third kappa shape index (κ3) is 7.31. The van der Waals surface area contributed by atoms with E-state index in [0.717, 1.165) is 0 Å². The molecule has 5 nitrogen and oxygen atoms in total. The summed E-state index contributed by atoms with van der Waals surface area (Å²) >= 11 is 0. The predicted octanol–water partition coefficient (Wildman–Crippen LogP) is 2.68. The van der Waals surface area contributed by atoms with Gasteiger partial charge in [0.1, 0.15) is 6.29 Å². The van der Waals surface area contributed by atoms with Crippen LogP contribution >= 0.6 is 7.60 Å². The topological polar surface area (TPSA) is 64.6 Å². The van der Waals surface area contributed by atoms with E-state index in [1.54, 1.807) is 34.6 Å². The molecule has 0 radical (unpaired) electrons. The predicted molar refractivity (Wildman–Crippen MR) is 67.9 cm³/mol. The zero-order valence-corrected chi connectivity index (χ0v) is 12.0. The minimum atomic E-state index is -3.30. The summed E-state index contributed by atoms with van der Waals surface area (Å²) in [7, 11) is -3.30. The Kier molecular flexibility index (Phi) is 6.68. The van der Waals surface area contributed by atoms with E-state index < -0.39 is 7.60 Å². The van der Waals surface area contributed by atoms with Gasteiger partial charge in [-0.05, 0) is 34.6 Å². The lowest BCUT2D eigenvalue weighted by Gasteiger charge is -2.22. The molecule has 0 atom stereocenters. The zero-order valence-electron chi connectivity index (χ0n) is 11.1. The van der Waals surface area contributed by atoms with Crippen molar-refractivity contribution in [2.24, 2.45) is 0 Å². The molecule has 0 aromatic heterocycles. The number of amides is 1. The van der Waals surface area contributed by atoms with Gasteiger partial charge >= 0.3 is 7.60 Å². The highest BCUT2D eigenvalue weighted by Gasteiger charge is 2.28. The van der Waals surface area contributed by atoms with Crippen LogP contribution in [0.4, 0.5) is 0 Å². The molecule has 0 aromatic rings. The number of hydrogen-bond acceptors (Lipinski definition) is 4. The third-order valence-electron chi connectivity index (χ3n) is 1.56. The Labute approximate surface area is 103 Å². The van der Waals surface area contributed by atoms with Crippen molar-refractivity contribution in [2.75, 3.05) is 6.29 Å². The third-order valence-corrected chi connectivity index (χ3v) is 3.59. The van der Waals surface area contributed by atoms with Crippen LogP contribution in [0.5, 0.6) is 0 Å². The molecule has 1 N–H and O–H groups in total. The molecule has 0 aromatic carbocycles. The van der Waals surface area contributed by atoms with Crippen molar-refractivity contribution in [3.8, 4) is 0 Å². The van der Waals surface area contributed by atoms with Crippen LogP contribution in [0, 0.1) is 0 Å². The number of carbonyl (C=O) groups is 1. The van der Waals surface area contributed by atoms with Gasteiger partial charge in [0, 0.05) is 5.57 Å². The Morgan fingerprint density at radius 3 is 1.94 bits per heavy atom. The monoisotopic (exact) mass is 263 g/mol. The van der Waals surface area contributed by atoms with Crippen molar-refractivity contribution in [3.05, 3.63) is 12.2 Å². The Bertz CT molecular complexity index is 311. The summed E-state index contributed by atoms with van der Waals surface area (Å²) < 4.78 is 22.8. The van der Waals surface area contributed by atoms with Crippen molar-refractivity contribution in [1.29, 1.82) is 0 Å². The van der Waals surface area contributed by atoms with Crippen molar-refractivity contribution in [2.45, 2.75) is 46.8 Å². The summed E-state index contributed by atoms with van der Waals surface area (Å²) in [5.74, 6) is -0.357. The maximum atomic E-state index is 12.3. The van der Waals surface area contributed by atoms with Crippen LogP contribution in [-0.2, 0) is 18.4 Å². The average Bonchev–Trinajstić information content (AvgIpc) is 2.11. The van der Waals surface area contributed by atoms with E-state index in [4.69, 9.17) is 9.05 Å². The normalized spacial score (nSPS) is 11.9. The van der Waals surface area contributed by atoms with Crippen LogP contribution < -0.4 is 5.32 Å². The number of rotatable bonds is 7. The van der Waals surface area contributed by atoms with Gasteiger partial charge in [0.2, 0.25) is 5.91 Å². The van der Waals surface area contributed by atoms with Crippen LogP contribution in [0.15, 0.2) is 12.2 Å². The number of nitrogens with one attached hydrogen (secondary N) is 1. The summed E-state index contributed by atoms with van der Waals surface area (Å²) in [4.78, 5) is 11.3. The lowest BCUT2D eigenvalue weighted by molar-refractivity contribution is -0.117. The summed E-state index contributed by atoms with van der Waals surface area (Å²) in [6.07, 6.45) is -0.614. The first kappa shape index (κ1) is 16.4. The van der Waals surface area contributed by atoms with Crippen LogP contribution in [-0.4, -0.2) is 24.4 Å². The molecular formula is C11H22NO4P. The first-order valence-electron chi connectivity index (χ1n) is 5.56. The molecule has 0 bridgehead atoms. The molecule has 0 aliphatic carbocycles. The van der Waals surface area contributed by atoms with Gasteiger partial charge in [-0.2, -0.15) is 0 Å². The van der Waals surface area contributed by atoms with Crippen molar-refractivity contribution >= 4 is 13.5 Å². The minimum absolute atomic E-state index is 0.144.